The number of ether oxygens (including phenoxy) is 3. The maximum Gasteiger partial charge on any atom is 0.246 e. The first-order valence-corrected chi connectivity index (χ1v) is 11.3. The summed E-state index contributed by atoms with van der Waals surface area (Å²) in [6, 6.07) is 22.8. The molecule has 0 N–H and O–H groups in total. The molecule has 3 aliphatic heterocycles. The van der Waals surface area contributed by atoms with Crippen LogP contribution in [0.5, 0.6) is 17.2 Å². The van der Waals surface area contributed by atoms with E-state index >= 15 is 0 Å². The lowest BCUT2D eigenvalue weighted by Gasteiger charge is -2.22. The molecule has 6 nitrogen and oxygen atoms in total. The van der Waals surface area contributed by atoms with Crippen LogP contribution in [0, 0.1) is 0 Å². The third kappa shape index (κ3) is 2.60. The molecule has 0 fully saturated rings. The summed E-state index contributed by atoms with van der Waals surface area (Å²) < 4.78 is 23.2. The van der Waals surface area contributed by atoms with Gasteiger partial charge >= 0.3 is 0 Å². The third-order valence-corrected chi connectivity index (χ3v) is 7.09. The van der Waals surface area contributed by atoms with Crippen molar-refractivity contribution in [1.29, 1.82) is 0 Å². The standard InChI is InChI=1S/C27H18ClNO5/c28-20-7-3-1-5-17(20)22-10-9-16(34-22)13-29-21-8-4-2-6-18(21)27(26(29)30)14-31-23-12-25-24(11-19(23)27)32-15-33-25/h1-12H,13-15H2. The third-order valence-electron chi connectivity index (χ3n) is 6.76. The van der Waals surface area contributed by atoms with Gasteiger partial charge in [-0.25, -0.2) is 0 Å². The van der Waals surface area contributed by atoms with E-state index in [9.17, 15) is 4.79 Å². The minimum absolute atomic E-state index is 0.0537. The van der Waals surface area contributed by atoms with Gasteiger partial charge in [-0.1, -0.05) is 41.9 Å². The number of fused-ring (bicyclic) bond motifs is 5. The van der Waals surface area contributed by atoms with Crippen LogP contribution in [0.4, 0.5) is 5.69 Å². The van der Waals surface area contributed by atoms with E-state index in [1.54, 1.807) is 4.90 Å². The second kappa shape index (κ2) is 7.05. The fourth-order valence-electron chi connectivity index (χ4n) is 5.15. The molecule has 168 valence electrons. The van der Waals surface area contributed by atoms with Crippen LogP contribution in [-0.2, 0) is 16.8 Å². The van der Waals surface area contributed by atoms with Gasteiger partial charge in [-0.15, -0.1) is 0 Å². The number of furan rings is 1. The van der Waals surface area contributed by atoms with Crippen molar-refractivity contribution in [2.24, 2.45) is 0 Å². The van der Waals surface area contributed by atoms with Crippen molar-refractivity contribution in [2.75, 3.05) is 18.3 Å². The second-order valence-electron chi connectivity index (χ2n) is 8.55. The summed E-state index contributed by atoms with van der Waals surface area (Å²) in [7, 11) is 0. The Morgan fingerprint density at radius 1 is 0.853 bits per heavy atom. The van der Waals surface area contributed by atoms with Crippen molar-refractivity contribution in [1.82, 2.24) is 0 Å². The summed E-state index contributed by atoms with van der Waals surface area (Å²) >= 11 is 6.34. The van der Waals surface area contributed by atoms with Crippen LogP contribution in [0.3, 0.4) is 0 Å². The first-order chi connectivity index (χ1) is 16.6. The molecule has 1 spiro atoms. The maximum atomic E-state index is 14.1. The Bertz CT molecular complexity index is 1480. The Kier molecular flexibility index (Phi) is 4.05. The molecular weight excluding hydrogens is 454 g/mol. The fraction of sp³-hybridized carbons (Fsp3) is 0.148. The highest BCUT2D eigenvalue weighted by Crippen LogP contribution is 2.55. The lowest BCUT2D eigenvalue weighted by molar-refractivity contribution is -0.122. The number of hydrogen-bond donors (Lipinski definition) is 0. The van der Waals surface area contributed by atoms with E-state index in [0.29, 0.717) is 40.3 Å². The monoisotopic (exact) mass is 471 g/mol. The van der Waals surface area contributed by atoms with Crippen LogP contribution in [0.15, 0.2) is 77.2 Å². The van der Waals surface area contributed by atoms with Gasteiger partial charge in [-0.3, -0.25) is 4.79 Å². The number of hydrogen-bond acceptors (Lipinski definition) is 5. The van der Waals surface area contributed by atoms with Crippen LogP contribution in [0.2, 0.25) is 5.02 Å². The van der Waals surface area contributed by atoms with E-state index in [2.05, 4.69) is 0 Å². The summed E-state index contributed by atoms with van der Waals surface area (Å²) in [5, 5.41) is 0.614. The van der Waals surface area contributed by atoms with Crippen molar-refractivity contribution in [3.8, 4) is 28.6 Å². The zero-order chi connectivity index (χ0) is 22.9. The Labute approximate surface area is 200 Å². The quantitative estimate of drug-likeness (QED) is 0.392. The molecule has 1 amide bonds. The van der Waals surface area contributed by atoms with Gasteiger partial charge in [0.1, 0.15) is 29.3 Å². The Morgan fingerprint density at radius 3 is 2.53 bits per heavy atom. The van der Waals surface area contributed by atoms with Crippen LogP contribution >= 0.6 is 11.6 Å². The SMILES string of the molecule is O=C1N(Cc2ccc(-c3ccccc3Cl)o2)c2ccccc2C12COc1cc3c(cc12)OCO3. The molecule has 3 aliphatic rings. The summed E-state index contributed by atoms with van der Waals surface area (Å²) in [4.78, 5) is 15.9. The normalized spacial score (nSPS) is 19.4. The largest absolute Gasteiger partial charge is 0.491 e. The number of benzene rings is 3. The molecule has 0 radical (unpaired) electrons. The summed E-state index contributed by atoms with van der Waals surface area (Å²) in [6.07, 6.45) is 0. The lowest BCUT2D eigenvalue weighted by atomic mass is 9.77. The summed E-state index contributed by atoms with van der Waals surface area (Å²) in [5.74, 6) is 3.18. The van der Waals surface area contributed by atoms with Crippen molar-refractivity contribution in [3.63, 3.8) is 0 Å². The molecule has 3 aromatic carbocycles. The molecule has 1 aromatic heterocycles. The van der Waals surface area contributed by atoms with Gasteiger partial charge in [-0.2, -0.15) is 0 Å². The van der Waals surface area contributed by atoms with Gasteiger partial charge in [0.2, 0.25) is 12.7 Å². The highest BCUT2D eigenvalue weighted by atomic mass is 35.5. The van der Waals surface area contributed by atoms with Gasteiger partial charge in [0, 0.05) is 22.9 Å². The topological polar surface area (TPSA) is 61.1 Å². The van der Waals surface area contributed by atoms with Gasteiger partial charge in [0.15, 0.2) is 11.5 Å². The average Bonchev–Trinajstić information content (AvgIpc) is 3.63. The molecule has 0 saturated carbocycles. The molecule has 1 unspecified atom stereocenters. The van der Waals surface area contributed by atoms with Crippen LogP contribution in [-0.4, -0.2) is 19.3 Å². The molecule has 0 aliphatic carbocycles. The van der Waals surface area contributed by atoms with Crippen molar-refractivity contribution < 1.29 is 23.4 Å². The van der Waals surface area contributed by atoms with Crippen LogP contribution in [0.1, 0.15) is 16.9 Å². The van der Waals surface area contributed by atoms with E-state index in [1.165, 1.54) is 0 Å². The van der Waals surface area contributed by atoms with Gasteiger partial charge < -0.3 is 23.5 Å². The minimum atomic E-state index is -0.939. The Balaban J connectivity index is 1.29. The molecule has 1 atom stereocenters. The van der Waals surface area contributed by atoms with Crippen LogP contribution < -0.4 is 19.1 Å². The fourth-order valence-corrected chi connectivity index (χ4v) is 5.38. The maximum absolute atomic E-state index is 14.1. The summed E-state index contributed by atoms with van der Waals surface area (Å²) in [6.45, 7) is 0.677. The molecule has 0 saturated heterocycles. The van der Waals surface area contributed by atoms with Gasteiger partial charge in [0.05, 0.1) is 11.6 Å². The molecule has 4 heterocycles. The first-order valence-electron chi connectivity index (χ1n) is 11.0. The van der Waals surface area contributed by atoms with Crippen molar-refractivity contribution in [3.05, 3.63) is 94.7 Å². The molecule has 4 aromatic rings. The molecular formula is C27H18ClNO5. The highest BCUT2D eigenvalue weighted by molar-refractivity contribution is 6.33. The van der Waals surface area contributed by atoms with Crippen molar-refractivity contribution >= 4 is 23.2 Å². The Hall–Kier alpha value is -3.90. The number of nitrogens with zero attached hydrogens (tertiary/aromatic N) is 1. The van der Waals surface area contributed by atoms with Gasteiger partial charge in [-0.05, 0) is 42.0 Å². The first kappa shape index (κ1) is 19.6. The Morgan fingerprint density at radius 2 is 1.65 bits per heavy atom. The van der Waals surface area contributed by atoms with Crippen molar-refractivity contribution in [2.45, 2.75) is 12.0 Å². The minimum Gasteiger partial charge on any atom is -0.491 e. The highest BCUT2D eigenvalue weighted by Gasteiger charge is 2.57. The number of carbonyl (C=O) groups excluding carboxylic acids is 1. The molecule has 34 heavy (non-hydrogen) atoms. The second-order valence-corrected chi connectivity index (χ2v) is 8.96. The van der Waals surface area contributed by atoms with E-state index < -0.39 is 5.41 Å². The zero-order valence-electron chi connectivity index (χ0n) is 17.9. The van der Waals surface area contributed by atoms with E-state index in [1.807, 2.05) is 72.8 Å². The summed E-state index contributed by atoms with van der Waals surface area (Å²) in [5.41, 5.74) is 2.43. The number of amides is 1. The lowest BCUT2D eigenvalue weighted by Crippen LogP contribution is -2.42. The predicted octanol–water partition coefficient (Wildman–Crippen LogP) is 5.55. The smallest absolute Gasteiger partial charge is 0.246 e. The number of para-hydroxylation sites is 1. The predicted molar refractivity (Wildman–Crippen MR) is 126 cm³/mol. The molecule has 7 rings (SSSR count). The zero-order valence-corrected chi connectivity index (χ0v) is 18.7. The average molecular weight is 472 g/mol. The van der Waals surface area contributed by atoms with E-state index in [-0.39, 0.29) is 19.3 Å². The number of anilines is 1. The molecule has 0 bridgehead atoms. The van der Waals surface area contributed by atoms with Crippen LogP contribution in [0.25, 0.3) is 11.3 Å². The number of rotatable bonds is 3. The van der Waals surface area contributed by atoms with E-state index in [4.69, 9.17) is 30.2 Å². The number of halogens is 1. The number of carbonyl (C=O) groups is 1. The van der Waals surface area contributed by atoms with E-state index in [0.717, 1.165) is 22.4 Å². The molecule has 7 heteroatoms. The van der Waals surface area contributed by atoms with Gasteiger partial charge in [0.25, 0.3) is 0 Å².